The van der Waals surface area contributed by atoms with Gasteiger partial charge in [-0.05, 0) is 44.7 Å². The van der Waals surface area contributed by atoms with Crippen LogP contribution in [0.5, 0.6) is 0 Å². The molecule has 1 amide bonds. The van der Waals surface area contributed by atoms with Crippen LogP contribution in [0.2, 0.25) is 0 Å². The van der Waals surface area contributed by atoms with Gasteiger partial charge in [0, 0.05) is 42.5 Å². The number of hydrogen-bond donors (Lipinski definition) is 3. The first-order chi connectivity index (χ1) is 19.8. The van der Waals surface area contributed by atoms with Gasteiger partial charge in [0.2, 0.25) is 0 Å². The van der Waals surface area contributed by atoms with Crippen molar-refractivity contribution in [3.8, 4) is 11.3 Å². The zero-order valence-corrected chi connectivity index (χ0v) is 22.8. The Balaban J connectivity index is 1.20. The van der Waals surface area contributed by atoms with Crippen molar-refractivity contribution in [1.82, 2.24) is 20.3 Å². The first kappa shape index (κ1) is 28.7. The summed E-state index contributed by atoms with van der Waals surface area (Å²) < 4.78 is 49.6. The zero-order chi connectivity index (χ0) is 28.8. The van der Waals surface area contributed by atoms with Gasteiger partial charge in [-0.2, -0.15) is 13.2 Å². The van der Waals surface area contributed by atoms with Crippen LogP contribution in [-0.2, 0) is 10.9 Å². The van der Waals surface area contributed by atoms with Crippen molar-refractivity contribution in [3.05, 3.63) is 48.5 Å². The predicted octanol–water partition coefficient (Wildman–Crippen LogP) is 5.70. The molecule has 41 heavy (non-hydrogen) atoms. The molecule has 3 heterocycles. The number of alkyl halides is 3. The van der Waals surface area contributed by atoms with Gasteiger partial charge in [-0.15, -0.1) is 0 Å². The minimum Gasteiger partial charge on any atom is -0.450 e. The predicted molar refractivity (Wildman–Crippen MR) is 148 cm³/mol. The number of oxazole rings is 1. The van der Waals surface area contributed by atoms with Crippen LogP contribution in [0.25, 0.3) is 11.3 Å². The second-order valence-corrected chi connectivity index (χ2v) is 10.3. The number of piperidine rings is 1. The number of ether oxygens (including phenoxy) is 1. The third-order valence-electron chi connectivity index (χ3n) is 7.37. The molecule has 1 saturated carbocycles. The molecule has 1 aromatic carbocycles. The molecule has 10 nitrogen and oxygen atoms in total. The van der Waals surface area contributed by atoms with E-state index in [1.807, 2.05) is 17.0 Å². The summed E-state index contributed by atoms with van der Waals surface area (Å²) in [5, 5.41) is 9.94. The Morgan fingerprint density at radius 1 is 1.07 bits per heavy atom. The van der Waals surface area contributed by atoms with Crippen molar-refractivity contribution in [2.75, 3.05) is 35.2 Å². The largest absolute Gasteiger partial charge is 0.450 e. The van der Waals surface area contributed by atoms with Crippen molar-refractivity contribution in [1.29, 1.82) is 0 Å². The van der Waals surface area contributed by atoms with E-state index in [9.17, 15) is 18.0 Å². The molecule has 1 aliphatic carbocycles. The quantitative estimate of drug-likeness (QED) is 0.312. The van der Waals surface area contributed by atoms with E-state index in [1.165, 1.54) is 6.20 Å². The monoisotopic (exact) mass is 573 g/mol. The van der Waals surface area contributed by atoms with Crippen LogP contribution in [0, 0.1) is 0 Å². The van der Waals surface area contributed by atoms with Crippen LogP contribution in [0.3, 0.4) is 0 Å². The minimum absolute atomic E-state index is 0.105. The average Bonchev–Trinajstić information content (AvgIpc) is 3.43. The first-order valence-corrected chi connectivity index (χ1v) is 14.0. The summed E-state index contributed by atoms with van der Waals surface area (Å²) in [6.07, 6.45) is 4.63. The summed E-state index contributed by atoms with van der Waals surface area (Å²) in [7, 11) is 0. The smallest absolute Gasteiger partial charge is 0.434 e. The Labute approximate surface area is 236 Å². The number of halogens is 3. The standard InChI is InChI=1S/C28H34F3N7O3/c1-2-40-27(39)36-19-8-5-7-18(13-19)23-14-34-26(41-23)37-22-11-4-3-10-21(22)35-20-9-6-12-38(17-20)25-16-32-24(15-33-25)28(29,30)31/h5,7-8,13-16,20-22,35H,2-4,6,9-12,17H2,1H3,(H,34,37)(H,36,39)/t20?,21-,22-/m1/s1. The number of amides is 1. The van der Waals surface area contributed by atoms with E-state index < -0.39 is 18.0 Å². The molecule has 2 aliphatic rings. The number of carbonyl (C=O) groups excluding carboxylic acids is 1. The molecule has 1 unspecified atom stereocenters. The van der Waals surface area contributed by atoms with Gasteiger partial charge in [0.25, 0.3) is 6.01 Å². The van der Waals surface area contributed by atoms with E-state index in [1.54, 1.807) is 25.3 Å². The van der Waals surface area contributed by atoms with E-state index in [0.29, 0.717) is 29.8 Å². The number of nitrogens with zero attached hydrogens (tertiary/aromatic N) is 4. The number of rotatable bonds is 8. The summed E-state index contributed by atoms with van der Waals surface area (Å²) in [5.74, 6) is 1.03. The summed E-state index contributed by atoms with van der Waals surface area (Å²) in [6, 6.07) is 8.13. The van der Waals surface area contributed by atoms with Crippen molar-refractivity contribution in [2.45, 2.75) is 69.8 Å². The number of hydrogen-bond acceptors (Lipinski definition) is 9. The Hall–Kier alpha value is -3.87. The molecule has 0 spiro atoms. The van der Waals surface area contributed by atoms with E-state index in [4.69, 9.17) is 9.15 Å². The Bertz CT molecular complexity index is 1300. The van der Waals surface area contributed by atoms with Crippen LogP contribution in [0.4, 0.5) is 35.5 Å². The second-order valence-electron chi connectivity index (χ2n) is 10.3. The highest BCUT2D eigenvalue weighted by Gasteiger charge is 2.34. The van der Waals surface area contributed by atoms with Crippen LogP contribution in [0.1, 0.15) is 51.1 Å². The topological polar surface area (TPSA) is 117 Å². The maximum absolute atomic E-state index is 12.9. The van der Waals surface area contributed by atoms with Gasteiger partial charge in [0.15, 0.2) is 11.5 Å². The fraction of sp³-hybridized carbons (Fsp3) is 0.500. The van der Waals surface area contributed by atoms with Crippen LogP contribution in [0.15, 0.2) is 47.3 Å². The third kappa shape index (κ3) is 7.46. The fourth-order valence-electron chi connectivity index (χ4n) is 5.43. The van der Waals surface area contributed by atoms with E-state index in [-0.39, 0.29) is 24.7 Å². The number of anilines is 3. The molecule has 3 atom stereocenters. The molecule has 5 rings (SSSR count). The zero-order valence-electron chi connectivity index (χ0n) is 22.8. The van der Waals surface area contributed by atoms with Crippen LogP contribution >= 0.6 is 0 Å². The van der Waals surface area contributed by atoms with Gasteiger partial charge in [-0.3, -0.25) is 5.32 Å². The molecule has 2 aromatic heterocycles. The number of carbonyl (C=O) groups is 1. The fourth-order valence-corrected chi connectivity index (χ4v) is 5.43. The lowest BCUT2D eigenvalue weighted by Crippen LogP contribution is -2.55. The van der Waals surface area contributed by atoms with Crippen molar-refractivity contribution >= 4 is 23.6 Å². The normalized spacial score (nSPS) is 21.4. The molecule has 0 radical (unpaired) electrons. The van der Waals surface area contributed by atoms with Crippen LogP contribution < -0.4 is 20.9 Å². The van der Waals surface area contributed by atoms with E-state index in [2.05, 4.69) is 30.9 Å². The van der Waals surface area contributed by atoms with Gasteiger partial charge in [-0.25, -0.2) is 19.7 Å². The summed E-state index contributed by atoms with van der Waals surface area (Å²) in [5.41, 5.74) is 0.374. The molecule has 13 heteroatoms. The SMILES string of the molecule is CCOC(=O)Nc1cccc(-c2cnc(N[C@@H]3CCCC[C@H]3NC3CCCN(c4cnc(C(F)(F)F)cn4)C3)o2)c1. The number of aromatic nitrogens is 3. The van der Waals surface area contributed by atoms with E-state index in [0.717, 1.165) is 56.8 Å². The summed E-state index contributed by atoms with van der Waals surface area (Å²) in [4.78, 5) is 25.8. The molecule has 1 saturated heterocycles. The highest BCUT2D eigenvalue weighted by molar-refractivity contribution is 5.85. The molecule has 2 fully saturated rings. The Morgan fingerprint density at radius 2 is 1.90 bits per heavy atom. The summed E-state index contributed by atoms with van der Waals surface area (Å²) >= 11 is 0. The van der Waals surface area contributed by atoms with Gasteiger partial charge in [0.05, 0.1) is 25.2 Å². The molecular weight excluding hydrogens is 539 g/mol. The van der Waals surface area contributed by atoms with Crippen molar-refractivity contribution in [2.24, 2.45) is 0 Å². The molecule has 1 aliphatic heterocycles. The molecule has 0 bridgehead atoms. The number of benzene rings is 1. The lowest BCUT2D eigenvalue weighted by atomic mass is 9.89. The lowest BCUT2D eigenvalue weighted by molar-refractivity contribution is -0.141. The van der Waals surface area contributed by atoms with Gasteiger partial charge in [-0.1, -0.05) is 25.0 Å². The number of nitrogens with one attached hydrogen (secondary N) is 3. The minimum atomic E-state index is -4.50. The highest BCUT2D eigenvalue weighted by atomic mass is 19.4. The average molecular weight is 574 g/mol. The Kier molecular flexibility index (Phi) is 8.91. The van der Waals surface area contributed by atoms with Crippen molar-refractivity contribution in [3.63, 3.8) is 0 Å². The maximum Gasteiger partial charge on any atom is 0.434 e. The lowest BCUT2D eigenvalue weighted by Gasteiger charge is -2.39. The Morgan fingerprint density at radius 3 is 2.66 bits per heavy atom. The molecule has 3 aromatic rings. The molecule has 220 valence electrons. The summed E-state index contributed by atoms with van der Waals surface area (Å²) in [6.45, 7) is 3.39. The second kappa shape index (κ2) is 12.8. The maximum atomic E-state index is 12.9. The first-order valence-electron chi connectivity index (χ1n) is 14.0. The van der Waals surface area contributed by atoms with Gasteiger partial charge in [0.1, 0.15) is 5.82 Å². The van der Waals surface area contributed by atoms with E-state index >= 15 is 0 Å². The molecular formula is C28H34F3N7O3. The molecule has 3 N–H and O–H groups in total. The van der Waals surface area contributed by atoms with Crippen molar-refractivity contribution < 1.29 is 27.1 Å². The van der Waals surface area contributed by atoms with Gasteiger partial charge >= 0.3 is 12.3 Å². The van der Waals surface area contributed by atoms with Crippen LogP contribution in [-0.4, -0.2) is 58.9 Å². The van der Waals surface area contributed by atoms with Gasteiger partial charge < -0.3 is 24.7 Å². The third-order valence-corrected chi connectivity index (χ3v) is 7.37. The highest BCUT2D eigenvalue weighted by Crippen LogP contribution is 2.30.